The number of nitrogens with one attached hydrogen (secondary N) is 1. The summed E-state index contributed by atoms with van der Waals surface area (Å²) in [6, 6.07) is 1.57. The number of carbonyl (C=O) groups excluding carboxylic acids is 1. The average Bonchev–Trinajstić information content (AvgIpc) is 3.05. The molecule has 0 spiro atoms. The Morgan fingerprint density at radius 1 is 1.32 bits per heavy atom. The zero-order chi connectivity index (χ0) is 17.8. The number of nitrogens with zero attached hydrogens (tertiary/aromatic N) is 4. The van der Waals surface area contributed by atoms with Gasteiger partial charge in [0.15, 0.2) is 0 Å². The molecule has 0 atom stereocenters. The van der Waals surface area contributed by atoms with Crippen LogP contribution in [0.5, 0.6) is 0 Å². The molecule has 1 amide bonds. The van der Waals surface area contributed by atoms with E-state index in [2.05, 4.69) is 34.1 Å². The minimum atomic E-state index is -0.121. The zero-order valence-corrected chi connectivity index (χ0v) is 15.6. The quantitative estimate of drug-likeness (QED) is 0.847. The van der Waals surface area contributed by atoms with Crippen LogP contribution in [-0.4, -0.2) is 40.1 Å². The van der Waals surface area contributed by atoms with E-state index < -0.39 is 0 Å². The molecule has 2 aromatic heterocycles. The van der Waals surface area contributed by atoms with Gasteiger partial charge < -0.3 is 10.2 Å². The molecule has 0 saturated carbocycles. The second-order valence-electron chi connectivity index (χ2n) is 6.47. The minimum Gasteiger partial charge on any atom is -0.356 e. The molecule has 136 valence electrons. The van der Waals surface area contributed by atoms with Crippen LogP contribution in [0.2, 0.25) is 0 Å². The summed E-state index contributed by atoms with van der Waals surface area (Å²) in [5.41, 5.74) is 0.707. The van der Waals surface area contributed by atoms with Crippen LogP contribution >= 0.6 is 11.3 Å². The lowest BCUT2D eigenvalue weighted by Crippen LogP contribution is -2.40. The molecule has 25 heavy (non-hydrogen) atoms. The van der Waals surface area contributed by atoms with E-state index in [-0.39, 0.29) is 17.4 Å². The Kier molecular flexibility index (Phi) is 5.67. The lowest BCUT2D eigenvalue weighted by Gasteiger charge is -2.30. The Labute approximate surface area is 151 Å². The molecular weight excluding hydrogens is 338 g/mol. The van der Waals surface area contributed by atoms with Crippen molar-refractivity contribution < 1.29 is 4.79 Å². The van der Waals surface area contributed by atoms with Crippen LogP contribution in [0.3, 0.4) is 0 Å². The summed E-state index contributed by atoms with van der Waals surface area (Å²) in [6.45, 7) is 6.42. The third kappa shape index (κ3) is 4.00. The smallest absolute Gasteiger partial charge is 0.275 e. The molecule has 0 radical (unpaired) electrons. The first-order valence-electron chi connectivity index (χ1n) is 9.04. The van der Waals surface area contributed by atoms with Gasteiger partial charge in [0.25, 0.3) is 5.56 Å². The highest BCUT2D eigenvalue weighted by Crippen LogP contribution is 2.27. The van der Waals surface area contributed by atoms with E-state index in [1.165, 1.54) is 15.9 Å². The van der Waals surface area contributed by atoms with Crippen LogP contribution in [0.1, 0.15) is 45.2 Å². The molecule has 0 bridgehead atoms. The molecule has 3 heterocycles. The van der Waals surface area contributed by atoms with Gasteiger partial charge >= 0.3 is 0 Å². The number of anilines is 1. The van der Waals surface area contributed by atoms with Crippen molar-refractivity contribution in [1.29, 1.82) is 0 Å². The summed E-state index contributed by atoms with van der Waals surface area (Å²) in [5, 5.41) is 8.23. The van der Waals surface area contributed by atoms with Crippen LogP contribution in [0.15, 0.2) is 10.9 Å². The molecule has 8 heteroatoms. The lowest BCUT2D eigenvalue weighted by atomic mass is 9.96. The average molecular weight is 363 g/mol. The van der Waals surface area contributed by atoms with Crippen LogP contribution in [0.4, 0.5) is 5.13 Å². The van der Waals surface area contributed by atoms with Crippen molar-refractivity contribution in [3.8, 4) is 0 Å². The first-order valence-corrected chi connectivity index (χ1v) is 9.86. The zero-order valence-electron chi connectivity index (χ0n) is 14.8. The van der Waals surface area contributed by atoms with Crippen molar-refractivity contribution >= 4 is 27.3 Å². The van der Waals surface area contributed by atoms with Gasteiger partial charge in [-0.05, 0) is 25.7 Å². The van der Waals surface area contributed by atoms with E-state index in [4.69, 9.17) is 0 Å². The summed E-state index contributed by atoms with van der Waals surface area (Å²) >= 11 is 1.45. The van der Waals surface area contributed by atoms with Gasteiger partial charge in [0.05, 0.1) is 0 Å². The van der Waals surface area contributed by atoms with E-state index in [0.717, 1.165) is 62.6 Å². The van der Waals surface area contributed by atoms with Crippen LogP contribution in [-0.2, 0) is 11.2 Å². The SMILES string of the molecule is CCCNC(=O)C1CCN(c2nn3c(=O)cc(CCC)nc3s2)CC1. The first kappa shape index (κ1) is 17.8. The summed E-state index contributed by atoms with van der Waals surface area (Å²) in [5.74, 6) is 0.238. The van der Waals surface area contributed by atoms with Crippen molar-refractivity contribution in [2.75, 3.05) is 24.5 Å². The van der Waals surface area contributed by atoms with Gasteiger partial charge in [0, 0.05) is 37.3 Å². The summed E-state index contributed by atoms with van der Waals surface area (Å²) in [7, 11) is 0. The molecule has 0 aliphatic carbocycles. The number of hydrogen-bond donors (Lipinski definition) is 1. The Morgan fingerprint density at radius 3 is 2.76 bits per heavy atom. The van der Waals surface area contributed by atoms with Gasteiger partial charge in [-0.25, -0.2) is 4.98 Å². The van der Waals surface area contributed by atoms with Gasteiger partial charge in [-0.2, -0.15) is 4.52 Å². The van der Waals surface area contributed by atoms with Crippen molar-refractivity contribution in [2.24, 2.45) is 5.92 Å². The Bertz CT molecular complexity index is 792. The highest BCUT2D eigenvalue weighted by Gasteiger charge is 2.26. The fourth-order valence-corrected chi connectivity index (χ4v) is 4.06. The van der Waals surface area contributed by atoms with Gasteiger partial charge in [-0.3, -0.25) is 9.59 Å². The topological polar surface area (TPSA) is 79.6 Å². The maximum atomic E-state index is 12.2. The van der Waals surface area contributed by atoms with Crippen molar-refractivity contribution in [3.05, 3.63) is 22.1 Å². The second kappa shape index (κ2) is 7.95. The first-order chi connectivity index (χ1) is 12.1. The van der Waals surface area contributed by atoms with Crippen molar-refractivity contribution in [2.45, 2.75) is 46.0 Å². The molecule has 1 aliphatic rings. The van der Waals surface area contributed by atoms with Crippen LogP contribution in [0.25, 0.3) is 4.96 Å². The molecular formula is C17H25N5O2S. The van der Waals surface area contributed by atoms with Gasteiger partial charge in [0.1, 0.15) is 0 Å². The summed E-state index contributed by atoms with van der Waals surface area (Å²) in [6.07, 6.45) is 4.35. The maximum Gasteiger partial charge on any atom is 0.275 e. The molecule has 2 aromatic rings. The van der Waals surface area contributed by atoms with E-state index in [9.17, 15) is 9.59 Å². The molecule has 3 rings (SSSR count). The molecule has 1 N–H and O–H groups in total. The Hall–Kier alpha value is -1.96. The summed E-state index contributed by atoms with van der Waals surface area (Å²) in [4.78, 5) is 31.6. The second-order valence-corrected chi connectivity index (χ2v) is 7.40. The number of rotatable bonds is 6. The fraction of sp³-hybridized carbons (Fsp3) is 0.647. The number of hydrogen-bond acceptors (Lipinski definition) is 6. The number of carbonyl (C=O) groups is 1. The Morgan fingerprint density at radius 2 is 2.08 bits per heavy atom. The lowest BCUT2D eigenvalue weighted by molar-refractivity contribution is -0.125. The third-order valence-corrected chi connectivity index (χ3v) is 5.45. The van der Waals surface area contributed by atoms with E-state index >= 15 is 0 Å². The molecule has 1 fully saturated rings. The standard InChI is InChI=1S/C17H25N5O2S/c1-3-5-13-11-14(23)22-16(19-13)25-17(20-22)21-9-6-12(7-10-21)15(24)18-8-4-2/h11-12H,3-10H2,1-2H3,(H,18,24). The fourth-order valence-electron chi connectivity index (χ4n) is 3.08. The minimum absolute atomic E-state index is 0.0779. The molecule has 0 aromatic carbocycles. The highest BCUT2D eigenvalue weighted by atomic mass is 32.1. The van der Waals surface area contributed by atoms with E-state index in [0.29, 0.717) is 4.96 Å². The van der Waals surface area contributed by atoms with Gasteiger partial charge in [0.2, 0.25) is 16.0 Å². The normalized spacial score (nSPS) is 15.7. The van der Waals surface area contributed by atoms with E-state index in [1.807, 2.05) is 0 Å². The van der Waals surface area contributed by atoms with Crippen molar-refractivity contribution in [1.82, 2.24) is 19.9 Å². The van der Waals surface area contributed by atoms with Crippen LogP contribution < -0.4 is 15.8 Å². The number of aromatic nitrogens is 3. The number of aryl methyl sites for hydroxylation is 1. The predicted octanol–water partition coefficient (Wildman–Crippen LogP) is 1.85. The molecule has 0 unspecified atom stereocenters. The van der Waals surface area contributed by atoms with Crippen LogP contribution in [0, 0.1) is 5.92 Å². The third-order valence-electron chi connectivity index (χ3n) is 4.48. The largest absolute Gasteiger partial charge is 0.356 e. The van der Waals surface area contributed by atoms with Gasteiger partial charge in [-0.1, -0.05) is 31.6 Å². The molecule has 1 aliphatic heterocycles. The van der Waals surface area contributed by atoms with Crippen molar-refractivity contribution in [3.63, 3.8) is 0 Å². The number of piperidine rings is 1. The highest BCUT2D eigenvalue weighted by molar-refractivity contribution is 7.20. The van der Waals surface area contributed by atoms with E-state index in [1.54, 1.807) is 6.07 Å². The number of amides is 1. The maximum absolute atomic E-state index is 12.2. The molecule has 1 saturated heterocycles. The summed E-state index contributed by atoms with van der Waals surface area (Å²) < 4.78 is 1.39. The molecule has 7 nitrogen and oxygen atoms in total. The monoisotopic (exact) mass is 363 g/mol. The Balaban J connectivity index is 1.70. The predicted molar refractivity (Wildman–Crippen MR) is 99.4 cm³/mol. The number of fused-ring (bicyclic) bond motifs is 1. The van der Waals surface area contributed by atoms with Gasteiger partial charge in [-0.15, -0.1) is 5.10 Å².